The van der Waals surface area contributed by atoms with Gasteiger partial charge in [0.25, 0.3) is 11.5 Å². The number of benzene rings is 1. The average Bonchev–Trinajstić information content (AvgIpc) is 3.18. The van der Waals surface area contributed by atoms with Crippen LogP contribution in [0.4, 0.5) is 5.82 Å². The Bertz CT molecular complexity index is 1320. The summed E-state index contributed by atoms with van der Waals surface area (Å²) in [5, 5.41) is 9.76. The number of carbonyl (C=O) groups excluding carboxylic acids is 1. The standard InChI is InChI=1S/C29H35N5O2S2/c1-4-5-6-10-13-34-28(36)25(38-29(34)37)18-23-21(2)24(19-30)27(35)31(3)26(23)33-16-14-32(15-17-33)20-22-11-8-7-9-12-22/h7-9,11-12,18H,4-6,10,13-17,20H2,1-3H3/b25-18-. The molecule has 2 aromatic rings. The van der Waals surface area contributed by atoms with Crippen LogP contribution in [0.2, 0.25) is 0 Å². The van der Waals surface area contributed by atoms with Crippen molar-refractivity contribution in [2.75, 3.05) is 37.6 Å². The van der Waals surface area contributed by atoms with Crippen molar-refractivity contribution in [3.05, 3.63) is 67.8 Å². The van der Waals surface area contributed by atoms with Crippen LogP contribution in [-0.4, -0.2) is 57.3 Å². The van der Waals surface area contributed by atoms with Gasteiger partial charge in [-0.3, -0.25) is 24.0 Å². The van der Waals surface area contributed by atoms with E-state index in [9.17, 15) is 14.9 Å². The van der Waals surface area contributed by atoms with Gasteiger partial charge >= 0.3 is 0 Å². The zero-order valence-corrected chi connectivity index (χ0v) is 24.0. The van der Waals surface area contributed by atoms with E-state index in [0.717, 1.165) is 69.8 Å². The van der Waals surface area contributed by atoms with Crippen LogP contribution >= 0.6 is 24.0 Å². The number of carbonyl (C=O) groups is 1. The van der Waals surface area contributed by atoms with Crippen molar-refractivity contribution in [1.29, 1.82) is 5.26 Å². The highest BCUT2D eigenvalue weighted by molar-refractivity contribution is 8.26. The summed E-state index contributed by atoms with van der Waals surface area (Å²) in [5.74, 6) is 0.654. The largest absolute Gasteiger partial charge is 0.355 e. The molecule has 0 saturated carbocycles. The first-order chi connectivity index (χ1) is 18.3. The molecular formula is C29H35N5O2S2. The van der Waals surface area contributed by atoms with Gasteiger partial charge in [-0.05, 0) is 30.5 Å². The molecule has 1 aromatic carbocycles. The third-order valence-corrected chi connectivity index (χ3v) is 8.65. The van der Waals surface area contributed by atoms with E-state index in [1.54, 1.807) is 23.4 Å². The smallest absolute Gasteiger partial charge is 0.270 e. The van der Waals surface area contributed by atoms with Gasteiger partial charge in [-0.2, -0.15) is 5.26 Å². The monoisotopic (exact) mass is 549 g/mol. The lowest BCUT2D eigenvalue weighted by Gasteiger charge is -2.37. The Labute approximate surface area is 234 Å². The quantitative estimate of drug-likeness (QED) is 0.256. The number of nitrogens with zero attached hydrogens (tertiary/aromatic N) is 5. The van der Waals surface area contributed by atoms with E-state index >= 15 is 0 Å². The third-order valence-electron chi connectivity index (χ3n) is 7.27. The molecule has 200 valence electrons. The van der Waals surface area contributed by atoms with E-state index in [-0.39, 0.29) is 17.0 Å². The molecule has 3 heterocycles. The van der Waals surface area contributed by atoms with Crippen molar-refractivity contribution in [3.63, 3.8) is 0 Å². The lowest BCUT2D eigenvalue weighted by Crippen LogP contribution is -2.48. The maximum atomic E-state index is 13.3. The second-order valence-corrected chi connectivity index (χ2v) is 11.5. The van der Waals surface area contributed by atoms with Crippen LogP contribution in [-0.2, 0) is 18.4 Å². The maximum Gasteiger partial charge on any atom is 0.270 e. The topological polar surface area (TPSA) is 72.6 Å². The highest BCUT2D eigenvalue weighted by Crippen LogP contribution is 2.36. The van der Waals surface area contributed by atoms with Crippen LogP contribution < -0.4 is 10.5 Å². The van der Waals surface area contributed by atoms with Crippen molar-refractivity contribution < 1.29 is 4.79 Å². The molecule has 0 radical (unpaired) electrons. The molecule has 0 N–H and O–H groups in total. The number of pyridine rings is 1. The van der Waals surface area contributed by atoms with Crippen LogP contribution in [0.1, 0.15) is 54.9 Å². The fourth-order valence-corrected chi connectivity index (χ4v) is 6.36. The molecule has 2 fully saturated rings. The third kappa shape index (κ3) is 6.04. The highest BCUT2D eigenvalue weighted by Gasteiger charge is 2.33. The lowest BCUT2D eigenvalue weighted by molar-refractivity contribution is -0.122. The maximum absolute atomic E-state index is 13.3. The first-order valence-corrected chi connectivity index (χ1v) is 14.5. The van der Waals surface area contributed by atoms with Gasteiger partial charge in [0, 0.05) is 51.9 Å². The average molecular weight is 550 g/mol. The molecule has 2 aliphatic rings. The van der Waals surface area contributed by atoms with Gasteiger partial charge in [-0.25, -0.2) is 0 Å². The van der Waals surface area contributed by atoms with Crippen LogP contribution in [0, 0.1) is 18.3 Å². The fraction of sp³-hybridized carbons (Fsp3) is 0.448. The lowest BCUT2D eigenvalue weighted by atomic mass is 10.0. The Morgan fingerprint density at radius 3 is 2.45 bits per heavy atom. The zero-order chi connectivity index (χ0) is 27.2. The molecule has 2 saturated heterocycles. The van der Waals surface area contributed by atoms with Crippen molar-refractivity contribution in [2.24, 2.45) is 7.05 Å². The molecule has 0 atom stereocenters. The first kappa shape index (κ1) is 28.1. The minimum absolute atomic E-state index is 0.0955. The number of nitriles is 1. The summed E-state index contributed by atoms with van der Waals surface area (Å²) in [6.07, 6.45) is 6.10. The van der Waals surface area contributed by atoms with Crippen molar-refractivity contribution in [3.8, 4) is 6.07 Å². The summed E-state index contributed by atoms with van der Waals surface area (Å²) in [7, 11) is 1.71. The van der Waals surface area contributed by atoms with E-state index in [4.69, 9.17) is 12.2 Å². The number of thioether (sulfide) groups is 1. The second kappa shape index (κ2) is 12.7. The van der Waals surface area contributed by atoms with Gasteiger partial charge < -0.3 is 4.90 Å². The second-order valence-electron chi connectivity index (χ2n) is 9.86. The molecular weight excluding hydrogens is 514 g/mol. The van der Waals surface area contributed by atoms with Gasteiger partial charge in [-0.15, -0.1) is 0 Å². The molecule has 1 aromatic heterocycles. The predicted octanol–water partition coefficient (Wildman–Crippen LogP) is 4.67. The van der Waals surface area contributed by atoms with E-state index in [1.165, 1.54) is 17.3 Å². The van der Waals surface area contributed by atoms with Gasteiger partial charge in [0.15, 0.2) is 0 Å². The Morgan fingerprint density at radius 1 is 1.08 bits per heavy atom. The normalized spacial score (nSPS) is 17.5. The van der Waals surface area contributed by atoms with E-state index in [1.807, 2.05) is 12.1 Å². The van der Waals surface area contributed by atoms with Crippen molar-refractivity contribution in [1.82, 2.24) is 14.4 Å². The molecule has 38 heavy (non-hydrogen) atoms. The van der Waals surface area contributed by atoms with Crippen LogP contribution in [0.3, 0.4) is 0 Å². The summed E-state index contributed by atoms with van der Waals surface area (Å²) in [6, 6.07) is 12.5. The molecule has 4 rings (SSSR count). The molecule has 7 nitrogen and oxygen atoms in total. The molecule has 0 bridgehead atoms. The number of aromatic nitrogens is 1. The van der Waals surface area contributed by atoms with Crippen LogP contribution in [0.5, 0.6) is 0 Å². The molecule has 0 unspecified atom stereocenters. The molecule has 0 aliphatic carbocycles. The first-order valence-electron chi connectivity index (χ1n) is 13.3. The number of thiocarbonyl (C=S) groups is 1. The number of anilines is 1. The molecule has 0 spiro atoms. The molecule has 9 heteroatoms. The van der Waals surface area contributed by atoms with Gasteiger partial charge in [0.1, 0.15) is 21.8 Å². The number of rotatable bonds is 9. The summed E-state index contributed by atoms with van der Waals surface area (Å²) in [5.41, 5.74) is 2.42. The SMILES string of the molecule is CCCCCCN1C(=O)/C(=C/c2c(C)c(C#N)c(=O)n(C)c2N2CCN(Cc3ccccc3)CC2)SC1=S. The predicted molar refractivity (Wildman–Crippen MR) is 159 cm³/mol. The Hall–Kier alpha value is -2.93. The van der Waals surface area contributed by atoms with Gasteiger partial charge in [-0.1, -0.05) is 80.5 Å². The van der Waals surface area contributed by atoms with Crippen LogP contribution in [0.15, 0.2) is 40.0 Å². The molecule has 2 aliphatic heterocycles. The van der Waals surface area contributed by atoms with Crippen molar-refractivity contribution in [2.45, 2.75) is 46.1 Å². The van der Waals surface area contributed by atoms with E-state index in [2.05, 4.69) is 47.1 Å². The molecule has 1 amide bonds. The Balaban J connectivity index is 1.61. The Kier molecular flexibility index (Phi) is 9.42. The summed E-state index contributed by atoms with van der Waals surface area (Å²) in [4.78, 5) is 33.2. The number of piperazine rings is 1. The number of unbranched alkanes of at least 4 members (excludes halogenated alkanes) is 3. The minimum Gasteiger partial charge on any atom is -0.355 e. The van der Waals surface area contributed by atoms with E-state index < -0.39 is 0 Å². The van der Waals surface area contributed by atoms with Crippen LogP contribution in [0.25, 0.3) is 6.08 Å². The summed E-state index contributed by atoms with van der Waals surface area (Å²) in [6.45, 7) is 8.64. The van der Waals surface area contributed by atoms with E-state index in [0.29, 0.717) is 21.3 Å². The van der Waals surface area contributed by atoms with Gasteiger partial charge in [0.05, 0.1) is 4.91 Å². The fourth-order valence-electron chi connectivity index (χ4n) is 5.07. The summed E-state index contributed by atoms with van der Waals surface area (Å²) < 4.78 is 2.13. The summed E-state index contributed by atoms with van der Waals surface area (Å²) >= 11 is 6.85. The highest BCUT2D eigenvalue weighted by atomic mass is 32.2. The number of amides is 1. The number of hydrogen-bond acceptors (Lipinski definition) is 7. The van der Waals surface area contributed by atoms with Gasteiger partial charge in [0.2, 0.25) is 0 Å². The van der Waals surface area contributed by atoms with Crippen molar-refractivity contribution >= 4 is 46.1 Å². The number of hydrogen-bond donors (Lipinski definition) is 0. The minimum atomic E-state index is -0.313. The Morgan fingerprint density at radius 2 is 1.79 bits per heavy atom. The zero-order valence-electron chi connectivity index (χ0n) is 22.4.